The molecule has 2 aliphatic carbocycles. The fourth-order valence-electron chi connectivity index (χ4n) is 3.48. The van der Waals surface area contributed by atoms with Crippen molar-refractivity contribution >= 4 is 5.82 Å². The van der Waals surface area contributed by atoms with Crippen LogP contribution in [0.4, 0.5) is 5.82 Å². The summed E-state index contributed by atoms with van der Waals surface area (Å²) in [6, 6.07) is 10.6. The van der Waals surface area contributed by atoms with E-state index in [-0.39, 0.29) is 0 Å². The van der Waals surface area contributed by atoms with E-state index in [1.165, 1.54) is 24.8 Å². The monoisotopic (exact) mass is 344 g/mol. The standard InChI is InChI=1S/C21H20N4O/c1-21(11-12-21)16-8-6-14(7-9-16)17-10-13-25(24-17)20-18(22-2)23-19(26-20)15-4-3-5-15/h6-10,13,15H,3-5,11-12H2,1H3. The van der Waals surface area contributed by atoms with Crippen LogP contribution in [-0.2, 0) is 5.41 Å². The first-order chi connectivity index (χ1) is 12.7. The van der Waals surface area contributed by atoms with E-state index in [0.717, 1.165) is 24.1 Å². The van der Waals surface area contributed by atoms with Gasteiger partial charge in [-0.15, -0.1) is 0 Å². The molecule has 5 nitrogen and oxygen atoms in total. The van der Waals surface area contributed by atoms with Crippen molar-refractivity contribution < 1.29 is 4.42 Å². The lowest BCUT2D eigenvalue weighted by Gasteiger charge is -2.19. The Labute approximate surface area is 152 Å². The van der Waals surface area contributed by atoms with Crippen molar-refractivity contribution in [3.8, 4) is 17.1 Å². The summed E-state index contributed by atoms with van der Waals surface area (Å²) in [5.41, 5.74) is 3.71. The molecular formula is C21H20N4O. The van der Waals surface area contributed by atoms with Gasteiger partial charge in [0.05, 0.1) is 11.6 Å². The third kappa shape index (κ3) is 2.45. The van der Waals surface area contributed by atoms with Crippen LogP contribution in [0.5, 0.6) is 0 Å². The SMILES string of the molecule is [C-]#[N+]c1nc(C2CCC2)oc1-n1ccc(-c2ccc(C3(C)CC3)cc2)n1. The Morgan fingerprint density at radius 1 is 1.19 bits per heavy atom. The maximum absolute atomic E-state index is 7.38. The summed E-state index contributed by atoms with van der Waals surface area (Å²) in [4.78, 5) is 7.89. The van der Waals surface area contributed by atoms with E-state index >= 15 is 0 Å². The van der Waals surface area contributed by atoms with Crippen LogP contribution < -0.4 is 0 Å². The van der Waals surface area contributed by atoms with E-state index in [2.05, 4.69) is 46.1 Å². The van der Waals surface area contributed by atoms with Gasteiger partial charge in [0, 0.05) is 11.8 Å². The molecule has 0 amide bonds. The van der Waals surface area contributed by atoms with Crippen molar-refractivity contribution in [3.63, 3.8) is 0 Å². The Hall–Kier alpha value is -2.87. The number of rotatable bonds is 4. The molecule has 26 heavy (non-hydrogen) atoms. The lowest BCUT2D eigenvalue weighted by Crippen LogP contribution is -2.08. The number of hydrogen-bond acceptors (Lipinski definition) is 3. The molecule has 0 aliphatic heterocycles. The van der Waals surface area contributed by atoms with E-state index in [1.54, 1.807) is 4.68 Å². The van der Waals surface area contributed by atoms with Gasteiger partial charge in [0.15, 0.2) is 0 Å². The highest BCUT2D eigenvalue weighted by Gasteiger charge is 2.38. The first kappa shape index (κ1) is 15.4. The molecule has 1 aromatic carbocycles. The molecule has 2 heterocycles. The molecule has 0 saturated heterocycles. The van der Waals surface area contributed by atoms with Crippen molar-refractivity contribution in [2.24, 2.45) is 0 Å². The first-order valence-corrected chi connectivity index (χ1v) is 9.21. The summed E-state index contributed by atoms with van der Waals surface area (Å²) in [6.07, 6.45) is 7.77. The van der Waals surface area contributed by atoms with Gasteiger partial charge < -0.3 is 9.26 Å². The smallest absolute Gasteiger partial charge is 0.335 e. The lowest BCUT2D eigenvalue weighted by molar-refractivity contribution is 0.330. The second-order valence-electron chi connectivity index (χ2n) is 7.70. The number of aromatic nitrogens is 3. The van der Waals surface area contributed by atoms with Gasteiger partial charge in [-0.05, 0) is 42.7 Å². The van der Waals surface area contributed by atoms with Crippen LogP contribution in [0.2, 0.25) is 0 Å². The van der Waals surface area contributed by atoms with Crippen LogP contribution in [0.15, 0.2) is 40.9 Å². The highest BCUT2D eigenvalue weighted by atomic mass is 16.4. The third-order valence-corrected chi connectivity index (χ3v) is 5.84. The zero-order valence-corrected chi connectivity index (χ0v) is 14.8. The molecule has 0 spiro atoms. The van der Waals surface area contributed by atoms with Gasteiger partial charge >= 0.3 is 5.82 Å². The van der Waals surface area contributed by atoms with E-state index in [0.29, 0.717) is 28.9 Å². The molecule has 5 rings (SSSR count). The quantitative estimate of drug-likeness (QED) is 0.596. The van der Waals surface area contributed by atoms with Crippen LogP contribution in [0, 0.1) is 6.57 Å². The van der Waals surface area contributed by atoms with Gasteiger partial charge in [-0.2, -0.15) is 5.10 Å². The zero-order chi connectivity index (χ0) is 17.7. The summed E-state index contributed by atoms with van der Waals surface area (Å²) in [5, 5.41) is 4.62. The maximum atomic E-state index is 7.38. The minimum atomic E-state index is 0.290. The predicted molar refractivity (Wildman–Crippen MR) is 98.5 cm³/mol. The molecule has 5 heteroatoms. The average molecular weight is 344 g/mol. The van der Waals surface area contributed by atoms with E-state index < -0.39 is 0 Å². The van der Waals surface area contributed by atoms with Gasteiger partial charge in [-0.25, -0.2) is 4.68 Å². The maximum Gasteiger partial charge on any atom is 0.335 e. The van der Waals surface area contributed by atoms with E-state index in [1.807, 2.05) is 12.3 Å². The minimum Gasteiger partial charge on any atom is -0.414 e. The van der Waals surface area contributed by atoms with Gasteiger partial charge in [-0.1, -0.05) is 49.2 Å². The third-order valence-electron chi connectivity index (χ3n) is 5.84. The largest absolute Gasteiger partial charge is 0.414 e. The molecule has 2 aliphatic rings. The molecule has 2 aromatic heterocycles. The predicted octanol–water partition coefficient (Wildman–Crippen LogP) is 5.40. The summed E-state index contributed by atoms with van der Waals surface area (Å²) in [6.45, 7) is 9.70. The van der Waals surface area contributed by atoms with Crippen LogP contribution in [0.1, 0.15) is 56.4 Å². The number of nitrogens with zero attached hydrogens (tertiary/aromatic N) is 4. The summed E-state index contributed by atoms with van der Waals surface area (Å²) in [5.74, 6) is 1.75. The van der Waals surface area contributed by atoms with Gasteiger partial charge in [0.25, 0.3) is 5.89 Å². The Morgan fingerprint density at radius 3 is 2.58 bits per heavy atom. The van der Waals surface area contributed by atoms with E-state index in [4.69, 9.17) is 11.0 Å². The highest BCUT2D eigenvalue weighted by Crippen LogP contribution is 2.47. The van der Waals surface area contributed by atoms with Gasteiger partial charge in [-0.3, -0.25) is 0 Å². The Morgan fingerprint density at radius 2 is 1.96 bits per heavy atom. The molecule has 0 unspecified atom stereocenters. The van der Waals surface area contributed by atoms with Crippen LogP contribution >= 0.6 is 0 Å². The Kier molecular flexibility index (Phi) is 3.30. The topological polar surface area (TPSA) is 48.2 Å². The van der Waals surface area contributed by atoms with Crippen LogP contribution in [0.3, 0.4) is 0 Å². The summed E-state index contributed by atoms with van der Waals surface area (Å²) in [7, 11) is 0. The average Bonchev–Trinajstić information content (AvgIpc) is 3.04. The Bertz CT molecular complexity index is 998. The molecule has 0 bridgehead atoms. The number of benzene rings is 1. The fraction of sp³-hybridized carbons (Fsp3) is 0.381. The minimum absolute atomic E-state index is 0.290. The van der Waals surface area contributed by atoms with Crippen LogP contribution in [-0.4, -0.2) is 14.8 Å². The van der Waals surface area contributed by atoms with Crippen molar-refractivity contribution in [1.29, 1.82) is 0 Å². The number of oxazole rings is 1. The van der Waals surface area contributed by atoms with Crippen molar-refractivity contribution in [2.45, 2.75) is 50.4 Å². The molecule has 0 radical (unpaired) electrons. The molecule has 3 aromatic rings. The number of hydrogen-bond donors (Lipinski definition) is 0. The summed E-state index contributed by atoms with van der Waals surface area (Å²) >= 11 is 0. The van der Waals surface area contributed by atoms with Crippen molar-refractivity contribution in [2.75, 3.05) is 0 Å². The lowest BCUT2D eigenvalue weighted by atomic mass is 9.85. The second kappa shape index (κ2) is 5.57. The molecule has 2 fully saturated rings. The van der Waals surface area contributed by atoms with Crippen molar-refractivity contribution in [3.05, 3.63) is 59.4 Å². The van der Waals surface area contributed by atoms with Crippen LogP contribution in [0.25, 0.3) is 22.0 Å². The Balaban J connectivity index is 1.45. The molecule has 0 atom stereocenters. The second-order valence-corrected chi connectivity index (χ2v) is 7.70. The van der Waals surface area contributed by atoms with Crippen molar-refractivity contribution in [1.82, 2.24) is 14.8 Å². The molecular weight excluding hydrogens is 324 g/mol. The molecule has 2 saturated carbocycles. The van der Waals surface area contributed by atoms with Gasteiger partial charge in [0.1, 0.15) is 0 Å². The van der Waals surface area contributed by atoms with Gasteiger partial charge in [0.2, 0.25) is 5.88 Å². The zero-order valence-electron chi connectivity index (χ0n) is 14.8. The fourth-order valence-corrected chi connectivity index (χ4v) is 3.48. The normalized spacial score (nSPS) is 18.3. The van der Waals surface area contributed by atoms with E-state index in [9.17, 15) is 0 Å². The summed E-state index contributed by atoms with van der Waals surface area (Å²) < 4.78 is 7.53. The molecule has 130 valence electrons. The molecule has 0 N–H and O–H groups in total. The highest BCUT2D eigenvalue weighted by molar-refractivity contribution is 5.60. The first-order valence-electron chi connectivity index (χ1n) is 9.21.